The average molecular weight is 298 g/mol. The summed E-state index contributed by atoms with van der Waals surface area (Å²) in [6, 6.07) is 0. The summed E-state index contributed by atoms with van der Waals surface area (Å²) < 4.78 is 21.8. The van der Waals surface area contributed by atoms with E-state index in [1.165, 1.54) is 5.57 Å². The molecule has 0 bridgehead atoms. The second kappa shape index (κ2) is 11.8. The van der Waals surface area contributed by atoms with Crippen molar-refractivity contribution in [3.05, 3.63) is 23.5 Å². The lowest BCUT2D eigenvalue weighted by atomic mass is 9.93. The molecule has 0 N–H and O–H groups in total. The van der Waals surface area contributed by atoms with E-state index in [-0.39, 0.29) is 0 Å². The molecule has 0 fully saturated rings. The Morgan fingerprint density at radius 1 is 0.952 bits per heavy atom. The summed E-state index contributed by atoms with van der Waals surface area (Å²) in [6.07, 6.45) is 6.62. The van der Waals surface area contributed by atoms with Crippen molar-refractivity contribution in [1.29, 1.82) is 0 Å². The quantitative estimate of drug-likeness (QED) is 0.518. The van der Waals surface area contributed by atoms with Gasteiger partial charge in [-0.2, -0.15) is 0 Å². The summed E-state index contributed by atoms with van der Waals surface area (Å²) in [7, 11) is 0. The summed E-state index contributed by atoms with van der Waals surface area (Å²) in [6.45, 7) is 10.8. The predicted octanol–water partition coefficient (Wildman–Crippen LogP) is 3.33. The van der Waals surface area contributed by atoms with Crippen molar-refractivity contribution in [3.8, 4) is 0 Å². The minimum Gasteiger partial charge on any atom is -0.496 e. The maximum absolute atomic E-state index is 5.78. The van der Waals surface area contributed by atoms with E-state index in [2.05, 4.69) is 26.0 Å². The maximum atomic E-state index is 5.78. The molecule has 4 heteroatoms. The average Bonchev–Trinajstić information content (AvgIpc) is 2.48. The molecular weight excluding hydrogens is 268 g/mol. The maximum Gasteiger partial charge on any atom is 0.111 e. The molecule has 0 heterocycles. The fraction of sp³-hybridized carbons (Fsp3) is 0.765. The van der Waals surface area contributed by atoms with Crippen LogP contribution in [0.15, 0.2) is 23.5 Å². The molecule has 1 atom stereocenters. The second-order valence-electron chi connectivity index (χ2n) is 5.16. The van der Waals surface area contributed by atoms with Crippen molar-refractivity contribution in [2.75, 3.05) is 46.2 Å². The first kappa shape index (κ1) is 18.2. The molecule has 0 radical (unpaired) electrons. The van der Waals surface area contributed by atoms with Gasteiger partial charge >= 0.3 is 0 Å². The first-order valence-corrected chi connectivity index (χ1v) is 8.01. The van der Waals surface area contributed by atoms with Gasteiger partial charge in [0, 0.05) is 13.0 Å². The molecule has 0 spiro atoms. The lowest BCUT2D eigenvalue weighted by molar-refractivity contribution is 0.00580. The topological polar surface area (TPSA) is 36.9 Å². The predicted molar refractivity (Wildman–Crippen MR) is 84.3 cm³/mol. The van der Waals surface area contributed by atoms with Crippen LogP contribution in [0.25, 0.3) is 0 Å². The van der Waals surface area contributed by atoms with Crippen LogP contribution in [0.3, 0.4) is 0 Å². The van der Waals surface area contributed by atoms with Crippen LogP contribution in [0, 0.1) is 5.92 Å². The molecule has 0 amide bonds. The van der Waals surface area contributed by atoms with Crippen molar-refractivity contribution in [2.24, 2.45) is 5.92 Å². The lowest BCUT2D eigenvalue weighted by Gasteiger charge is -2.20. The molecule has 0 saturated carbocycles. The Kier molecular flexibility index (Phi) is 10.2. The molecule has 21 heavy (non-hydrogen) atoms. The standard InChI is InChI=1S/C17H30O4/c1-4-16-12-15(3)13-17(14-16)21-11-10-20-9-8-19-7-6-18-5-2/h12-13,16H,4-11,14H2,1-3H3. The summed E-state index contributed by atoms with van der Waals surface area (Å²) in [5.74, 6) is 1.70. The summed E-state index contributed by atoms with van der Waals surface area (Å²) in [5.41, 5.74) is 1.30. The SMILES string of the molecule is CCOCCOCCOCCOC1=CC(C)=CC(CC)C1. The fourth-order valence-electron chi connectivity index (χ4n) is 2.23. The molecule has 0 saturated heterocycles. The van der Waals surface area contributed by atoms with Crippen LogP contribution >= 0.6 is 0 Å². The van der Waals surface area contributed by atoms with E-state index in [1.807, 2.05) is 6.92 Å². The summed E-state index contributed by atoms with van der Waals surface area (Å²) in [5, 5.41) is 0. The Labute approximate surface area is 129 Å². The van der Waals surface area contributed by atoms with E-state index in [0.717, 1.165) is 25.2 Å². The Balaban J connectivity index is 1.96. The second-order valence-corrected chi connectivity index (χ2v) is 5.16. The normalized spacial score (nSPS) is 18.3. The summed E-state index contributed by atoms with van der Waals surface area (Å²) in [4.78, 5) is 0. The monoisotopic (exact) mass is 298 g/mol. The van der Waals surface area contributed by atoms with Gasteiger partial charge in [-0.15, -0.1) is 0 Å². The van der Waals surface area contributed by atoms with E-state index in [9.17, 15) is 0 Å². The Bertz CT molecular complexity index is 323. The van der Waals surface area contributed by atoms with E-state index < -0.39 is 0 Å². The van der Waals surface area contributed by atoms with Crippen LogP contribution in [0.2, 0.25) is 0 Å². The Morgan fingerprint density at radius 3 is 2.19 bits per heavy atom. The number of rotatable bonds is 12. The van der Waals surface area contributed by atoms with Gasteiger partial charge in [0.05, 0.1) is 38.8 Å². The fourth-order valence-corrected chi connectivity index (χ4v) is 2.23. The number of hydrogen-bond acceptors (Lipinski definition) is 4. The minimum atomic E-state index is 0.602. The zero-order valence-electron chi connectivity index (χ0n) is 13.7. The molecular formula is C17H30O4. The summed E-state index contributed by atoms with van der Waals surface area (Å²) >= 11 is 0. The highest BCUT2D eigenvalue weighted by Gasteiger charge is 2.12. The molecule has 0 aliphatic heterocycles. The van der Waals surface area contributed by atoms with Crippen molar-refractivity contribution >= 4 is 0 Å². The van der Waals surface area contributed by atoms with Crippen LogP contribution in [0.1, 0.15) is 33.6 Å². The lowest BCUT2D eigenvalue weighted by Crippen LogP contribution is -2.13. The molecule has 4 nitrogen and oxygen atoms in total. The highest BCUT2D eigenvalue weighted by molar-refractivity contribution is 5.24. The molecule has 1 aliphatic carbocycles. The van der Waals surface area contributed by atoms with E-state index in [0.29, 0.717) is 45.6 Å². The number of allylic oxidation sites excluding steroid dienone is 4. The van der Waals surface area contributed by atoms with Gasteiger partial charge in [0.25, 0.3) is 0 Å². The van der Waals surface area contributed by atoms with Gasteiger partial charge in [-0.05, 0) is 32.3 Å². The molecule has 1 unspecified atom stereocenters. The van der Waals surface area contributed by atoms with Crippen molar-refractivity contribution in [1.82, 2.24) is 0 Å². The Hall–Kier alpha value is -0.840. The first-order chi connectivity index (χ1) is 10.3. The van der Waals surface area contributed by atoms with E-state index in [4.69, 9.17) is 18.9 Å². The van der Waals surface area contributed by atoms with Crippen LogP contribution < -0.4 is 0 Å². The van der Waals surface area contributed by atoms with E-state index >= 15 is 0 Å². The van der Waals surface area contributed by atoms with E-state index in [1.54, 1.807) is 0 Å². The third kappa shape index (κ3) is 8.91. The Morgan fingerprint density at radius 2 is 1.57 bits per heavy atom. The molecule has 0 aromatic rings. The van der Waals surface area contributed by atoms with Crippen LogP contribution in [-0.4, -0.2) is 46.2 Å². The van der Waals surface area contributed by atoms with Gasteiger partial charge in [0.2, 0.25) is 0 Å². The molecule has 1 rings (SSSR count). The largest absolute Gasteiger partial charge is 0.496 e. The van der Waals surface area contributed by atoms with Crippen LogP contribution in [-0.2, 0) is 18.9 Å². The number of ether oxygens (including phenoxy) is 4. The zero-order valence-corrected chi connectivity index (χ0v) is 13.7. The van der Waals surface area contributed by atoms with Crippen molar-refractivity contribution in [3.63, 3.8) is 0 Å². The third-order valence-corrected chi connectivity index (χ3v) is 3.34. The van der Waals surface area contributed by atoms with Crippen LogP contribution in [0.5, 0.6) is 0 Å². The van der Waals surface area contributed by atoms with Crippen molar-refractivity contribution in [2.45, 2.75) is 33.6 Å². The first-order valence-electron chi connectivity index (χ1n) is 8.01. The molecule has 0 aromatic carbocycles. The smallest absolute Gasteiger partial charge is 0.111 e. The van der Waals surface area contributed by atoms with Crippen molar-refractivity contribution < 1.29 is 18.9 Å². The minimum absolute atomic E-state index is 0.602. The zero-order chi connectivity index (χ0) is 15.3. The van der Waals surface area contributed by atoms with Gasteiger partial charge in [-0.3, -0.25) is 0 Å². The van der Waals surface area contributed by atoms with Gasteiger partial charge in [-0.25, -0.2) is 0 Å². The van der Waals surface area contributed by atoms with Gasteiger partial charge < -0.3 is 18.9 Å². The third-order valence-electron chi connectivity index (χ3n) is 3.34. The van der Waals surface area contributed by atoms with Gasteiger partial charge in [-0.1, -0.05) is 18.6 Å². The highest BCUT2D eigenvalue weighted by Crippen LogP contribution is 2.25. The molecule has 1 aliphatic rings. The molecule has 122 valence electrons. The molecule has 0 aromatic heterocycles. The van der Waals surface area contributed by atoms with Gasteiger partial charge in [0.15, 0.2) is 0 Å². The van der Waals surface area contributed by atoms with Gasteiger partial charge in [0.1, 0.15) is 6.61 Å². The number of hydrogen-bond donors (Lipinski definition) is 0. The van der Waals surface area contributed by atoms with Crippen LogP contribution in [0.4, 0.5) is 0 Å². The highest BCUT2D eigenvalue weighted by atomic mass is 16.6.